The fraction of sp³-hybridized carbons (Fsp3) is 0. The van der Waals surface area contributed by atoms with Crippen LogP contribution in [0.2, 0.25) is 5.02 Å². The van der Waals surface area contributed by atoms with Crippen molar-refractivity contribution >= 4 is 44.8 Å². The number of carbonyl (C=O) groups excluding carboxylic acids is 1. The molecule has 0 aliphatic carbocycles. The summed E-state index contributed by atoms with van der Waals surface area (Å²) in [6.45, 7) is 0. The van der Waals surface area contributed by atoms with Gasteiger partial charge in [0.25, 0.3) is 5.91 Å². The van der Waals surface area contributed by atoms with E-state index in [1.54, 1.807) is 18.2 Å². The Balaban J connectivity index is 2.28. The largest absolute Gasteiger partial charge is 0.397 e. The third-order valence-corrected chi connectivity index (χ3v) is 3.31. The Bertz CT molecular complexity index is 649. The van der Waals surface area contributed by atoms with Gasteiger partial charge in [0.2, 0.25) is 0 Å². The van der Waals surface area contributed by atoms with Gasteiger partial charge in [0.15, 0.2) is 0 Å². The van der Waals surface area contributed by atoms with Crippen LogP contribution < -0.4 is 11.1 Å². The summed E-state index contributed by atoms with van der Waals surface area (Å²) in [5.41, 5.74) is 6.35. The van der Waals surface area contributed by atoms with Crippen LogP contribution in [0.3, 0.4) is 0 Å². The highest BCUT2D eigenvalue weighted by Gasteiger charge is 2.14. The normalized spacial score (nSPS) is 10.3. The molecule has 0 saturated heterocycles. The standard InChI is InChI=1S/C13H9BrClFN2O/c14-9-3-1-2-8(12(9)16)13(19)18-11-5-4-7(15)6-10(11)17/h1-6H,17H2,(H,18,19). The number of nitrogens with one attached hydrogen (secondary N) is 1. The van der Waals surface area contributed by atoms with Crippen molar-refractivity contribution in [1.82, 2.24) is 0 Å². The smallest absolute Gasteiger partial charge is 0.258 e. The van der Waals surface area contributed by atoms with Gasteiger partial charge in [0.05, 0.1) is 21.4 Å². The predicted octanol–water partition coefficient (Wildman–Crippen LogP) is 4.08. The van der Waals surface area contributed by atoms with Gasteiger partial charge in [-0.25, -0.2) is 4.39 Å². The highest BCUT2D eigenvalue weighted by Crippen LogP contribution is 2.24. The van der Waals surface area contributed by atoms with Gasteiger partial charge in [-0.05, 0) is 46.3 Å². The molecule has 19 heavy (non-hydrogen) atoms. The minimum atomic E-state index is -0.618. The Morgan fingerprint density at radius 1 is 1.32 bits per heavy atom. The Hall–Kier alpha value is -1.59. The molecule has 0 bridgehead atoms. The topological polar surface area (TPSA) is 55.1 Å². The predicted molar refractivity (Wildman–Crippen MR) is 77.9 cm³/mol. The molecule has 0 aromatic heterocycles. The summed E-state index contributed by atoms with van der Waals surface area (Å²) in [6.07, 6.45) is 0. The second-order valence-corrected chi connectivity index (χ2v) is 5.08. The van der Waals surface area contributed by atoms with Crippen LogP contribution in [0, 0.1) is 5.82 Å². The number of halogens is 3. The zero-order valence-electron chi connectivity index (χ0n) is 9.58. The number of nitrogens with two attached hydrogens (primary N) is 1. The molecule has 0 aliphatic rings. The number of rotatable bonds is 2. The summed E-state index contributed by atoms with van der Waals surface area (Å²) < 4.78 is 14.0. The van der Waals surface area contributed by atoms with Crippen molar-refractivity contribution in [3.05, 3.63) is 57.3 Å². The number of amides is 1. The average Bonchev–Trinajstić information content (AvgIpc) is 2.36. The van der Waals surface area contributed by atoms with E-state index in [4.69, 9.17) is 17.3 Å². The van der Waals surface area contributed by atoms with Crippen molar-refractivity contribution in [2.45, 2.75) is 0 Å². The van der Waals surface area contributed by atoms with E-state index >= 15 is 0 Å². The first-order valence-electron chi connectivity index (χ1n) is 5.29. The van der Waals surface area contributed by atoms with Crippen LogP contribution in [0.4, 0.5) is 15.8 Å². The number of hydrogen-bond donors (Lipinski definition) is 2. The van der Waals surface area contributed by atoms with Crippen LogP contribution in [0.15, 0.2) is 40.9 Å². The van der Waals surface area contributed by atoms with E-state index in [-0.39, 0.29) is 10.0 Å². The average molecular weight is 344 g/mol. The maximum atomic E-state index is 13.8. The third kappa shape index (κ3) is 3.05. The lowest BCUT2D eigenvalue weighted by molar-refractivity contribution is 0.102. The minimum absolute atomic E-state index is 0.0660. The zero-order chi connectivity index (χ0) is 14.0. The molecule has 0 saturated carbocycles. The van der Waals surface area contributed by atoms with Gasteiger partial charge < -0.3 is 11.1 Å². The fourth-order valence-corrected chi connectivity index (χ4v) is 2.06. The summed E-state index contributed by atoms with van der Waals surface area (Å²) in [4.78, 5) is 12.0. The Morgan fingerprint density at radius 2 is 2.05 bits per heavy atom. The van der Waals surface area contributed by atoms with Gasteiger partial charge in [-0.3, -0.25) is 4.79 Å². The molecule has 2 aromatic rings. The monoisotopic (exact) mass is 342 g/mol. The summed E-state index contributed by atoms with van der Waals surface area (Å²) in [5, 5.41) is 3.00. The highest BCUT2D eigenvalue weighted by molar-refractivity contribution is 9.10. The molecule has 6 heteroatoms. The molecular weight excluding hydrogens is 335 g/mol. The minimum Gasteiger partial charge on any atom is -0.397 e. The summed E-state index contributed by atoms with van der Waals surface area (Å²) in [6, 6.07) is 9.14. The molecule has 3 N–H and O–H groups in total. The van der Waals surface area contributed by atoms with E-state index in [1.165, 1.54) is 18.2 Å². The maximum absolute atomic E-state index is 13.8. The molecule has 2 aromatic carbocycles. The first-order chi connectivity index (χ1) is 8.99. The van der Waals surface area contributed by atoms with Crippen LogP contribution >= 0.6 is 27.5 Å². The molecule has 0 aliphatic heterocycles. The fourth-order valence-electron chi connectivity index (χ4n) is 1.52. The zero-order valence-corrected chi connectivity index (χ0v) is 11.9. The molecule has 0 radical (unpaired) electrons. The van der Waals surface area contributed by atoms with Crippen LogP contribution in [-0.4, -0.2) is 5.91 Å². The molecule has 98 valence electrons. The number of hydrogen-bond acceptors (Lipinski definition) is 2. The molecule has 0 unspecified atom stereocenters. The Morgan fingerprint density at radius 3 is 2.74 bits per heavy atom. The molecule has 3 nitrogen and oxygen atoms in total. The van der Waals surface area contributed by atoms with E-state index < -0.39 is 11.7 Å². The number of nitrogen functional groups attached to an aromatic ring is 1. The number of anilines is 2. The van der Waals surface area contributed by atoms with E-state index in [1.807, 2.05) is 0 Å². The van der Waals surface area contributed by atoms with Gasteiger partial charge in [-0.2, -0.15) is 0 Å². The lowest BCUT2D eigenvalue weighted by atomic mass is 10.2. The molecule has 2 rings (SSSR count). The summed E-state index contributed by atoms with van der Waals surface area (Å²) in [5.74, 6) is -1.19. The van der Waals surface area contributed by atoms with Crippen molar-refractivity contribution in [1.29, 1.82) is 0 Å². The third-order valence-electron chi connectivity index (χ3n) is 2.46. The first-order valence-corrected chi connectivity index (χ1v) is 6.46. The second kappa shape index (κ2) is 5.59. The molecule has 0 spiro atoms. The lowest BCUT2D eigenvalue weighted by Crippen LogP contribution is -2.15. The van der Waals surface area contributed by atoms with Crippen molar-refractivity contribution in [3.8, 4) is 0 Å². The highest BCUT2D eigenvalue weighted by atomic mass is 79.9. The molecule has 0 heterocycles. The van der Waals surface area contributed by atoms with Gasteiger partial charge in [-0.15, -0.1) is 0 Å². The summed E-state index contributed by atoms with van der Waals surface area (Å²) in [7, 11) is 0. The SMILES string of the molecule is Nc1cc(Cl)ccc1NC(=O)c1cccc(Br)c1F. The Kier molecular flexibility index (Phi) is 4.07. The quantitative estimate of drug-likeness (QED) is 0.807. The van der Waals surface area contributed by atoms with Gasteiger partial charge in [0.1, 0.15) is 5.82 Å². The summed E-state index contributed by atoms with van der Waals surface area (Å²) >= 11 is 8.78. The van der Waals surface area contributed by atoms with Crippen molar-refractivity contribution < 1.29 is 9.18 Å². The van der Waals surface area contributed by atoms with Gasteiger partial charge in [-0.1, -0.05) is 17.7 Å². The van der Waals surface area contributed by atoms with Crippen LogP contribution in [0.5, 0.6) is 0 Å². The maximum Gasteiger partial charge on any atom is 0.258 e. The lowest BCUT2D eigenvalue weighted by Gasteiger charge is -2.09. The second-order valence-electron chi connectivity index (χ2n) is 3.79. The van der Waals surface area contributed by atoms with Crippen LogP contribution in [0.25, 0.3) is 0 Å². The van der Waals surface area contributed by atoms with Crippen molar-refractivity contribution in [3.63, 3.8) is 0 Å². The van der Waals surface area contributed by atoms with Crippen molar-refractivity contribution in [2.75, 3.05) is 11.1 Å². The molecule has 0 fully saturated rings. The molecular formula is C13H9BrClFN2O. The molecule has 1 amide bonds. The number of benzene rings is 2. The van der Waals surface area contributed by atoms with Crippen LogP contribution in [-0.2, 0) is 0 Å². The number of carbonyl (C=O) groups is 1. The Labute approximate surface area is 122 Å². The van der Waals surface area contributed by atoms with Gasteiger partial charge in [0, 0.05) is 5.02 Å². The van der Waals surface area contributed by atoms with Crippen LogP contribution in [0.1, 0.15) is 10.4 Å². The van der Waals surface area contributed by atoms with E-state index in [0.29, 0.717) is 16.4 Å². The molecule has 0 atom stereocenters. The van der Waals surface area contributed by atoms with E-state index in [0.717, 1.165) is 0 Å². The van der Waals surface area contributed by atoms with E-state index in [2.05, 4.69) is 21.2 Å². The first kappa shape index (κ1) is 13.8. The van der Waals surface area contributed by atoms with Crippen molar-refractivity contribution in [2.24, 2.45) is 0 Å². The van der Waals surface area contributed by atoms with Gasteiger partial charge >= 0.3 is 0 Å². The van der Waals surface area contributed by atoms with E-state index in [9.17, 15) is 9.18 Å².